The average molecular weight is 380 g/mol. The van der Waals surface area contributed by atoms with Gasteiger partial charge in [0.1, 0.15) is 11.5 Å². The quantitative estimate of drug-likeness (QED) is 0.635. The Bertz CT molecular complexity index is 980. The molecule has 0 aliphatic heterocycles. The third-order valence-corrected chi connectivity index (χ3v) is 4.54. The summed E-state index contributed by atoms with van der Waals surface area (Å²) in [5.41, 5.74) is 1.86. The predicted octanol–water partition coefficient (Wildman–Crippen LogP) is 4.61. The number of nitrogens with one attached hydrogen (secondary N) is 2. The maximum Gasteiger partial charge on any atom is 0.272 e. The Morgan fingerprint density at radius 1 is 1.04 bits per heavy atom. The van der Waals surface area contributed by atoms with E-state index in [4.69, 9.17) is 0 Å². The molecule has 0 saturated carbocycles. The summed E-state index contributed by atoms with van der Waals surface area (Å²) >= 11 is 1.43. The number of carbonyl (C=O) groups is 2. The minimum Gasteiger partial charge on any atom is -0.321 e. The van der Waals surface area contributed by atoms with Crippen LogP contribution in [-0.2, 0) is 4.79 Å². The molecule has 0 saturated heterocycles. The molecule has 0 spiro atoms. The number of anilines is 1. The van der Waals surface area contributed by atoms with Crippen molar-refractivity contribution in [2.75, 3.05) is 5.32 Å². The molecule has 0 aliphatic carbocycles. The second kappa shape index (κ2) is 8.42. The predicted molar refractivity (Wildman–Crippen MR) is 106 cm³/mol. The van der Waals surface area contributed by atoms with Crippen molar-refractivity contribution in [3.63, 3.8) is 0 Å². The Labute approximate surface area is 160 Å². The molecule has 2 aromatic carbocycles. The highest BCUT2D eigenvalue weighted by atomic mass is 32.1. The van der Waals surface area contributed by atoms with Crippen LogP contribution < -0.4 is 10.6 Å². The van der Waals surface area contributed by atoms with E-state index in [1.165, 1.54) is 29.5 Å². The zero-order chi connectivity index (χ0) is 19.2. The number of aryl methyl sites for hydroxylation is 1. The molecule has 2 amide bonds. The van der Waals surface area contributed by atoms with Crippen LogP contribution in [0.15, 0.2) is 71.7 Å². The van der Waals surface area contributed by atoms with E-state index in [9.17, 15) is 14.0 Å². The Balaban J connectivity index is 1.83. The lowest BCUT2D eigenvalue weighted by Gasteiger charge is -2.11. The van der Waals surface area contributed by atoms with Gasteiger partial charge in [-0.25, -0.2) is 4.39 Å². The lowest BCUT2D eigenvalue weighted by Crippen LogP contribution is -2.30. The summed E-state index contributed by atoms with van der Waals surface area (Å²) in [4.78, 5) is 26.0. The van der Waals surface area contributed by atoms with Gasteiger partial charge in [0.25, 0.3) is 11.8 Å². The summed E-state index contributed by atoms with van der Waals surface area (Å²) in [5.74, 6) is -1.39. The fourth-order valence-corrected chi connectivity index (χ4v) is 3.00. The summed E-state index contributed by atoms with van der Waals surface area (Å²) in [5, 5.41) is 7.12. The summed E-state index contributed by atoms with van der Waals surface area (Å²) in [6, 6.07) is 16.3. The number of benzene rings is 2. The van der Waals surface area contributed by atoms with Crippen LogP contribution in [-0.4, -0.2) is 11.8 Å². The molecule has 0 bridgehead atoms. The molecule has 3 rings (SSSR count). The van der Waals surface area contributed by atoms with Crippen molar-refractivity contribution in [1.82, 2.24) is 5.32 Å². The van der Waals surface area contributed by atoms with Crippen LogP contribution in [0.5, 0.6) is 0 Å². The van der Waals surface area contributed by atoms with Crippen LogP contribution in [0.4, 0.5) is 10.1 Å². The van der Waals surface area contributed by atoms with Crippen LogP contribution in [0.2, 0.25) is 0 Å². The van der Waals surface area contributed by atoms with Crippen LogP contribution in [0.3, 0.4) is 0 Å². The van der Waals surface area contributed by atoms with Crippen LogP contribution >= 0.6 is 11.3 Å². The first-order valence-corrected chi connectivity index (χ1v) is 9.09. The number of halogens is 1. The van der Waals surface area contributed by atoms with Crippen molar-refractivity contribution in [2.45, 2.75) is 6.92 Å². The van der Waals surface area contributed by atoms with E-state index in [2.05, 4.69) is 10.6 Å². The van der Waals surface area contributed by atoms with Gasteiger partial charge < -0.3 is 10.6 Å². The molecule has 4 nitrogen and oxygen atoms in total. The molecule has 3 aromatic rings. The Morgan fingerprint density at radius 3 is 2.48 bits per heavy atom. The van der Waals surface area contributed by atoms with Gasteiger partial charge in [-0.15, -0.1) is 11.3 Å². The number of amides is 2. The number of thiophene rings is 1. The van der Waals surface area contributed by atoms with E-state index < -0.39 is 17.6 Å². The van der Waals surface area contributed by atoms with Gasteiger partial charge in [-0.2, -0.15) is 0 Å². The summed E-state index contributed by atoms with van der Waals surface area (Å²) < 4.78 is 13.4. The molecule has 1 aromatic heterocycles. The number of hydrogen-bond donors (Lipinski definition) is 2. The normalized spacial score (nSPS) is 11.1. The van der Waals surface area contributed by atoms with Gasteiger partial charge in [0, 0.05) is 16.1 Å². The molecular formula is C21H17FN2O2S. The first-order chi connectivity index (χ1) is 13.0. The van der Waals surface area contributed by atoms with E-state index in [0.29, 0.717) is 11.3 Å². The molecule has 0 unspecified atom stereocenters. The highest BCUT2D eigenvalue weighted by Gasteiger charge is 2.15. The fourth-order valence-electron chi connectivity index (χ4n) is 2.34. The molecule has 136 valence electrons. The second-order valence-corrected chi connectivity index (χ2v) is 6.84. The number of rotatable bonds is 5. The molecule has 0 fully saturated rings. The van der Waals surface area contributed by atoms with E-state index in [-0.39, 0.29) is 5.70 Å². The van der Waals surface area contributed by atoms with Gasteiger partial charge >= 0.3 is 0 Å². The Morgan fingerprint density at radius 2 is 1.81 bits per heavy atom. The minimum absolute atomic E-state index is 0.0762. The number of carbonyl (C=O) groups excluding carboxylic acids is 2. The van der Waals surface area contributed by atoms with Gasteiger partial charge in [0.2, 0.25) is 0 Å². The highest BCUT2D eigenvalue weighted by molar-refractivity contribution is 7.10. The Hall–Kier alpha value is -3.25. The van der Waals surface area contributed by atoms with Crippen LogP contribution in [0.1, 0.15) is 20.8 Å². The molecular weight excluding hydrogens is 363 g/mol. The maximum atomic E-state index is 13.4. The third-order valence-electron chi connectivity index (χ3n) is 3.72. The van der Waals surface area contributed by atoms with E-state index in [0.717, 1.165) is 10.4 Å². The SMILES string of the molecule is Cc1ccc(C(=O)NC(=Cc2cccs2)C(=O)Nc2cccc(F)c2)cc1. The monoisotopic (exact) mass is 380 g/mol. The highest BCUT2D eigenvalue weighted by Crippen LogP contribution is 2.15. The fraction of sp³-hybridized carbons (Fsp3) is 0.0476. The van der Waals surface area contributed by atoms with Crippen LogP contribution in [0, 0.1) is 12.7 Å². The molecule has 1 heterocycles. The first-order valence-electron chi connectivity index (χ1n) is 8.21. The topological polar surface area (TPSA) is 58.2 Å². The molecule has 0 atom stereocenters. The lowest BCUT2D eigenvalue weighted by molar-refractivity contribution is -0.113. The minimum atomic E-state index is -0.533. The summed E-state index contributed by atoms with van der Waals surface area (Å²) in [6.45, 7) is 1.93. The van der Waals surface area contributed by atoms with Gasteiger partial charge in [-0.05, 0) is 54.8 Å². The Kier molecular flexibility index (Phi) is 5.78. The van der Waals surface area contributed by atoms with E-state index in [1.54, 1.807) is 24.3 Å². The maximum absolute atomic E-state index is 13.4. The van der Waals surface area contributed by atoms with Crippen molar-refractivity contribution in [1.29, 1.82) is 0 Å². The van der Waals surface area contributed by atoms with Crippen molar-refractivity contribution < 1.29 is 14.0 Å². The van der Waals surface area contributed by atoms with Crippen molar-refractivity contribution in [3.8, 4) is 0 Å². The first kappa shape index (κ1) is 18.5. The van der Waals surface area contributed by atoms with Crippen molar-refractivity contribution >= 4 is 34.9 Å². The number of hydrogen-bond acceptors (Lipinski definition) is 3. The van der Waals surface area contributed by atoms with Crippen LogP contribution in [0.25, 0.3) is 6.08 Å². The van der Waals surface area contributed by atoms with Crippen molar-refractivity contribution in [2.24, 2.45) is 0 Å². The van der Waals surface area contributed by atoms with Gasteiger partial charge in [-0.1, -0.05) is 29.8 Å². The van der Waals surface area contributed by atoms with E-state index in [1.807, 2.05) is 36.6 Å². The summed E-state index contributed by atoms with van der Waals surface area (Å²) in [7, 11) is 0. The van der Waals surface area contributed by atoms with Gasteiger partial charge in [0.05, 0.1) is 0 Å². The van der Waals surface area contributed by atoms with Gasteiger partial charge in [-0.3, -0.25) is 9.59 Å². The average Bonchev–Trinajstić information content (AvgIpc) is 3.15. The molecule has 0 aliphatic rings. The second-order valence-electron chi connectivity index (χ2n) is 5.86. The van der Waals surface area contributed by atoms with E-state index >= 15 is 0 Å². The lowest BCUT2D eigenvalue weighted by atomic mass is 10.1. The van der Waals surface area contributed by atoms with Crippen molar-refractivity contribution in [3.05, 3.63) is 93.6 Å². The standard InChI is InChI=1S/C21H17FN2O2S/c1-14-7-9-15(10-8-14)20(25)24-19(13-18-6-3-11-27-18)21(26)23-17-5-2-4-16(22)12-17/h2-13H,1H3,(H,23,26)(H,24,25). The molecule has 2 N–H and O–H groups in total. The molecule has 27 heavy (non-hydrogen) atoms. The zero-order valence-corrected chi connectivity index (χ0v) is 15.3. The molecule has 0 radical (unpaired) electrons. The zero-order valence-electron chi connectivity index (χ0n) is 14.5. The smallest absolute Gasteiger partial charge is 0.272 e. The summed E-state index contributed by atoms with van der Waals surface area (Å²) in [6.07, 6.45) is 1.59. The third kappa shape index (κ3) is 5.12. The van der Waals surface area contributed by atoms with Gasteiger partial charge in [0.15, 0.2) is 0 Å². The largest absolute Gasteiger partial charge is 0.321 e. The molecule has 6 heteroatoms.